The predicted molar refractivity (Wildman–Crippen MR) is 139 cm³/mol. The Morgan fingerprint density at radius 2 is 1.85 bits per heavy atom. The number of pyridine rings is 2. The Bertz CT molecular complexity index is 1650. The van der Waals surface area contributed by atoms with Crippen LogP contribution in [0.5, 0.6) is 0 Å². The van der Waals surface area contributed by atoms with Crippen molar-refractivity contribution in [3.05, 3.63) is 100 Å². The molecular weight excluding hydrogens is 535 g/mol. The zero-order valence-corrected chi connectivity index (χ0v) is 20.5. The third-order valence-electron chi connectivity index (χ3n) is 5.92. The van der Waals surface area contributed by atoms with E-state index in [2.05, 4.69) is 31.6 Å². The summed E-state index contributed by atoms with van der Waals surface area (Å²) in [6.45, 7) is -0.867. The summed E-state index contributed by atoms with van der Waals surface area (Å²) < 4.78 is 54.1. The van der Waals surface area contributed by atoms with Crippen LogP contribution in [0.4, 0.5) is 34.6 Å². The molecule has 3 heterocycles. The van der Waals surface area contributed by atoms with Crippen molar-refractivity contribution in [1.82, 2.24) is 25.9 Å². The Kier molecular flexibility index (Phi) is 6.90. The number of rotatable bonds is 7. The van der Waals surface area contributed by atoms with Crippen LogP contribution in [0.25, 0.3) is 10.9 Å². The molecule has 1 unspecified atom stereocenters. The molecule has 5 rings (SSSR count). The SMILES string of the molecule is [B]C(Nc1cc(Cl)c2ncc(C#N)c(Nc3cnc(F)c(F)c3)c2c1)(C1=CN(CF)NN1)c1ccc(F)cc1. The maximum Gasteiger partial charge on any atom is 0.249 e. The Morgan fingerprint density at radius 1 is 1.08 bits per heavy atom. The van der Waals surface area contributed by atoms with E-state index < -0.39 is 29.8 Å². The summed E-state index contributed by atoms with van der Waals surface area (Å²) >= 11 is 6.55. The first kappa shape index (κ1) is 26.1. The molecule has 1 aliphatic rings. The number of fused-ring (bicyclic) bond motifs is 1. The van der Waals surface area contributed by atoms with Crippen molar-refractivity contribution >= 4 is 47.4 Å². The van der Waals surface area contributed by atoms with Crippen molar-refractivity contribution in [2.75, 3.05) is 17.4 Å². The summed E-state index contributed by atoms with van der Waals surface area (Å²) in [6.07, 6.45) is 3.75. The van der Waals surface area contributed by atoms with Crippen LogP contribution in [0.1, 0.15) is 11.1 Å². The van der Waals surface area contributed by atoms with Gasteiger partial charge in [-0.3, -0.25) is 9.99 Å². The van der Waals surface area contributed by atoms with Gasteiger partial charge in [0.05, 0.1) is 44.8 Å². The number of hydrogen-bond donors (Lipinski definition) is 4. The van der Waals surface area contributed by atoms with Gasteiger partial charge in [-0.05, 0) is 29.8 Å². The van der Waals surface area contributed by atoms with E-state index >= 15 is 0 Å². The molecule has 4 aromatic rings. The zero-order valence-electron chi connectivity index (χ0n) is 19.7. The number of halogens is 5. The minimum atomic E-state index is -1.56. The fourth-order valence-corrected chi connectivity index (χ4v) is 4.31. The van der Waals surface area contributed by atoms with Crippen molar-refractivity contribution in [3.8, 4) is 6.07 Å². The van der Waals surface area contributed by atoms with Crippen molar-refractivity contribution in [2.24, 2.45) is 0 Å². The second-order valence-electron chi connectivity index (χ2n) is 8.44. The smallest absolute Gasteiger partial charge is 0.249 e. The van der Waals surface area contributed by atoms with E-state index in [-0.39, 0.29) is 27.7 Å². The highest BCUT2D eigenvalue weighted by Crippen LogP contribution is 2.38. The zero-order chi connectivity index (χ0) is 27.7. The predicted octanol–water partition coefficient (Wildman–Crippen LogP) is 4.84. The Morgan fingerprint density at radius 3 is 2.51 bits per heavy atom. The van der Waals surface area contributed by atoms with E-state index in [1.54, 1.807) is 6.07 Å². The van der Waals surface area contributed by atoms with Gasteiger partial charge in [-0.2, -0.15) is 9.65 Å². The molecule has 0 amide bonds. The van der Waals surface area contributed by atoms with Gasteiger partial charge in [0.2, 0.25) is 5.95 Å². The average molecular weight is 551 g/mol. The van der Waals surface area contributed by atoms with Gasteiger partial charge in [0.25, 0.3) is 0 Å². The molecule has 1 aliphatic heterocycles. The summed E-state index contributed by atoms with van der Waals surface area (Å²) in [7, 11) is 6.80. The normalized spacial score (nSPS) is 14.4. The fourth-order valence-electron chi connectivity index (χ4n) is 4.04. The van der Waals surface area contributed by atoms with Crippen molar-refractivity contribution in [2.45, 2.75) is 5.44 Å². The van der Waals surface area contributed by atoms with Crippen LogP contribution in [0.3, 0.4) is 0 Å². The lowest BCUT2D eigenvalue weighted by molar-refractivity contribution is 0.185. The van der Waals surface area contributed by atoms with Gasteiger partial charge < -0.3 is 16.1 Å². The van der Waals surface area contributed by atoms with Gasteiger partial charge in [-0.25, -0.2) is 18.2 Å². The number of hydrazine groups is 2. The van der Waals surface area contributed by atoms with Crippen LogP contribution in [-0.2, 0) is 5.44 Å². The number of aromatic nitrogens is 2. The largest absolute Gasteiger partial charge is 0.378 e. The first-order valence-electron chi connectivity index (χ1n) is 11.2. The first-order valence-corrected chi connectivity index (χ1v) is 11.6. The van der Waals surface area contributed by atoms with Crippen LogP contribution in [0.2, 0.25) is 5.02 Å². The van der Waals surface area contributed by atoms with Crippen molar-refractivity contribution in [3.63, 3.8) is 0 Å². The molecule has 2 aromatic heterocycles. The van der Waals surface area contributed by atoms with E-state index in [1.807, 2.05) is 6.07 Å². The van der Waals surface area contributed by atoms with Crippen molar-refractivity contribution in [1.29, 1.82) is 5.26 Å². The molecule has 0 saturated heterocycles. The van der Waals surface area contributed by atoms with E-state index in [9.17, 15) is 22.8 Å². The lowest BCUT2D eigenvalue weighted by Gasteiger charge is -2.34. The number of benzene rings is 2. The van der Waals surface area contributed by atoms with Crippen LogP contribution in [-0.4, -0.2) is 29.6 Å². The van der Waals surface area contributed by atoms with Crippen LogP contribution >= 0.6 is 11.6 Å². The molecule has 194 valence electrons. The maximum atomic E-state index is 13.8. The molecule has 14 heteroatoms. The van der Waals surface area contributed by atoms with Gasteiger partial charge in [-0.15, -0.1) is 5.53 Å². The van der Waals surface area contributed by atoms with Gasteiger partial charge in [0.15, 0.2) is 12.6 Å². The number of hydrogen-bond acceptors (Lipinski definition) is 8. The summed E-state index contributed by atoms with van der Waals surface area (Å²) in [4.78, 5) is 7.62. The first-order chi connectivity index (χ1) is 18.7. The van der Waals surface area contributed by atoms with Crippen LogP contribution in [0.15, 0.2) is 66.8 Å². The molecule has 39 heavy (non-hydrogen) atoms. The molecule has 0 spiro atoms. The third kappa shape index (κ3) is 4.99. The Labute approximate surface area is 225 Å². The van der Waals surface area contributed by atoms with Gasteiger partial charge in [-0.1, -0.05) is 23.7 Å². The topological polar surface area (TPSA) is 101 Å². The number of nitrogens with zero attached hydrogens (tertiary/aromatic N) is 4. The standard InChI is InChI=1S/C25H16BClF4N8/c26-25(14-1-3-15(29)4-2-14,21-11-39(12-28)38-37-21)36-16-5-18-22(35-17-7-20(30)24(31)34-10-17)13(8-32)9-33-23(18)19(27)6-16/h1-7,9-11,36-38H,12H2,(H,33,35). The highest BCUT2D eigenvalue weighted by Gasteiger charge is 2.34. The summed E-state index contributed by atoms with van der Waals surface area (Å²) in [5.74, 6) is -2.94. The van der Waals surface area contributed by atoms with E-state index in [4.69, 9.17) is 19.4 Å². The molecule has 8 nitrogen and oxygen atoms in total. The number of anilines is 3. The molecule has 0 bridgehead atoms. The number of nitrogens with one attached hydrogen (secondary N) is 4. The molecule has 0 saturated carbocycles. The van der Waals surface area contributed by atoms with Crippen molar-refractivity contribution < 1.29 is 17.6 Å². The molecular formula is C25H16BClF4N8. The molecule has 4 N–H and O–H groups in total. The lowest BCUT2D eigenvalue weighted by atomic mass is 9.69. The minimum Gasteiger partial charge on any atom is -0.378 e. The maximum absolute atomic E-state index is 13.8. The van der Waals surface area contributed by atoms with Crippen LogP contribution < -0.4 is 21.6 Å². The number of nitriles is 1. The minimum absolute atomic E-state index is 0.0737. The number of alkyl halides is 1. The average Bonchev–Trinajstić information content (AvgIpc) is 3.42. The summed E-state index contributed by atoms with van der Waals surface area (Å²) in [5.41, 5.74) is 5.55. The molecule has 2 aromatic carbocycles. The molecule has 1 atom stereocenters. The fraction of sp³-hybridized carbons (Fsp3) is 0.0800. The van der Waals surface area contributed by atoms with Crippen LogP contribution in [0, 0.1) is 28.9 Å². The molecule has 2 radical (unpaired) electrons. The highest BCUT2D eigenvalue weighted by atomic mass is 35.5. The lowest BCUT2D eigenvalue weighted by Crippen LogP contribution is -2.45. The monoisotopic (exact) mass is 550 g/mol. The quantitative estimate of drug-likeness (QED) is 0.112. The third-order valence-corrected chi connectivity index (χ3v) is 6.21. The summed E-state index contributed by atoms with van der Waals surface area (Å²) in [5, 5.41) is 17.4. The van der Waals surface area contributed by atoms with Gasteiger partial charge in [0.1, 0.15) is 19.7 Å². The molecule has 0 aliphatic carbocycles. The Balaban J connectivity index is 1.63. The Hall–Kier alpha value is -4.54. The summed E-state index contributed by atoms with van der Waals surface area (Å²) in [6, 6.07) is 11.4. The van der Waals surface area contributed by atoms with E-state index in [1.165, 1.54) is 42.7 Å². The highest BCUT2D eigenvalue weighted by molar-refractivity contribution is 6.36. The van der Waals surface area contributed by atoms with E-state index in [0.717, 1.165) is 17.3 Å². The second kappa shape index (κ2) is 10.3. The molecule has 0 fully saturated rings. The second-order valence-corrected chi connectivity index (χ2v) is 8.85. The van der Waals surface area contributed by atoms with Gasteiger partial charge in [0, 0.05) is 29.5 Å². The van der Waals surface area contributed by atoms with E-state index in [0.29, 0.717) is 22.2 Å². The van der Waals surface area contributed by atoms with Gasteiger partial charge >= 0.3 is 0 Å².